The number of benzene rings is 1. The maximum absolute atomic E-state index is 12.9. The van der Waals surface area contributed by atoms with Gasteiger partial charge in [-0.3, -0.25) is 29.6 Å². The molecule has 5 rings (SSSR count). The van der Waals surface area contributed by atoms with E-state index in [9.17, 15) is 14.4 Å². The van der Waals surface area contributed by atoms with Gasteiger partial charge in [-0.1, -0.05) is 6.07 Å². The molecule has 1 aromatic heterocycles. The molecule has 1 aromatic carbocycles. The Morgan fingerprint density at radius 1 is 1.06 bits per heavy atom. The van der Waals surface area contributed by atoms with Crippen LogP contribution in [0.2, 0.25) is 0 Å². The standard InChI is InChI=1S/C24H27N5O3/c1-27-8-10-28(11-9-27)14-16-6-7-25-20(12-16)17-2-3-19-18(13-17)15-29(24(19)32)21-4-5-22(30)26-23(21)31/h2-3,6-7,12-13,21H,4-5,8-11,14-15H2,1H3,(H,26,30,31). The third-order valence-electron chi connectivity index (χ3n) is 6.65. The zero-order valence-corrected chi connectivity index (χ0v) is 18.2. The van der Waals surface area contributed by atoms with Crippen molar-refractivity contribution in [3.63, 3.8) is 0 Å². The molecule has 0 spiro atoms. The minimum Gasteiger partial charge on any atom is -0.322 e. The molecular formula is C24H27N5O3. The van der Waals surface area contributed by atoms with Crippen molar-refractivity contribution in [1.82, 2.24) is 25.0 Å². The van der Waals surface area contributed by atoms with E-state index in [1.165, 1.54) is 5.56 Å². The van der Waals surface area contributed by atoms with Crippen LogP contribution in [0.15, 0.2) is 36.5 Å². The van der Waals surface area contributed by atoms with Crippen molar-refractivity contribution in [3.05, 3.63) is 53.2 Å². The molecule has 8 nitrogen and oxygen atoms in total. The summed E-state index contributed by atoms with van der Waals surface area (Å²) in [4.78, 5) is 47.6. The number of hydrogen-bond donors (Lipinski definition) is 1. The third-order valence-corrected chi connectivity index (χ3v) is 6.65. The number of nitrogens with zero attached hydrogens (tertiary/aromatic N) is 4. The predicted octanol–water partition coefficient (Wildman–Crippen LogP) is 1.26. The van der Waals surface area contributed by atoms with Crippen LogP contribution in [0.5, 0.6) is 0 Å². The van der Waals surface area contributed by atoms with Gasteiger partial charge in [-0.05, 0) is 48.9 Å². The highest BCUT2D eigenvalue weighted by Gasteiger charge is 2.39. The minimum atomic E-state index is -0.596. The molecule has 3 amide bonds. The SMILES string of the molecule is CN1CCN(Cc2ccnc(-c3ccc4c(c3)CN(C3CCC(=O)NC3=O)C4=O)c2)CC1. The van der Waals surface area contributed by atoms with Crippen molar-refractivity contribution >= 4 is 17.7 Å². The Morgan fingerprint density at radius 3 is 2.66 bits per heavy atom. The monoisotopic (exact) mass is 433 g/mol. The molecule has 3 aliphatic heterocycles. The molecule has 0 aliphatic carbocycles. The number of fused-ring (bicyclic) bond motifs is 1. The van der Waals surface area contributed by atoms with Gasteiger partial charge in [-0.15, -0.1) is 0 Å². The molecule has 8 heteroatoms. The van der Waals surface area contributed by atoms with Crippen molar-refractivity contribution in [2.24, 2.45) is 0 Å². The average molecular weight is 434 g/mol. The number of piperidine rings is 1. The van der Waals surface area contributed by atoms with E-state index in [0.717, 1.165) is 49.5 Å². The maximum Gasteiger partial charge on any atom is 0.255 e. The lowest BCUT2D eigenvalue weighted by Crippen LogP contribution is -2.52. The summed E-state index contributed by atoms with van der Waals surface area (Å²) in [6, 6.07) is 9.33. The number of pyridine rings is 1. The third kappa shape index (κ3) is 4.03. The van der Waals surface area contributed by atoms with Gasteiger partial charge < -0.3 is 9.80 Å². The Bertz CT molecular complexity index is 1080. The quantitative estimate of drug-likeness (QED) is 0.731. The summed E-state index contributed by atoms with van der Waals surface area (Å²) in [6.45, 7) is 5.56. The number of carbonyl (C=O) groups is 3. The van der Waals surface area contributed by atoms with Crippen LogP contribution in [0, 0.1) is 0 Å². The first kappa shape index (κ1) is 20.8. The van der Waals surface area contributed by atoms with Crippen molar-refractivity contribution < 1.29 is 14.4 Å². The second-order valence-electron chi connectivity index (χ2n) is 8.90. The summed E-state index contributed by atoms with van der Waals surface area (Å²) in [6.07, 6.45) is 2.47. The van der Waals surface area contributed by atoms with E-state index < -0.39 is 6.04 Å². The van der Waals surface area contributed by atoms with Crippen LogP contribution in [-0.4, -0.2) is 76.7 Å². The lowest BCUT2D eigenvalue weighted by atomic mass is 10.0. The molecular weight excluding hydrogens is 406 g/mol. The molecule has 4 heterocycles. The van der Waals surface area contributed by atoms with Crippen molar-refractivity contribution in [2.45, 2.75) is 32.0 Å². The van der Waals surface area contributed by atoms with Crippen LogP contribution < -0.4 is 5.32 Å². The number of hydrogen-bond acceptors (Lipinski definition) is 6. The van der Waals surface area contributed by atoms with E-state index in [2.05, 4.69) is 39.3 Å². The smallest absolute Gasteiger partial charge is 0.255 e. The number of piperazine rings is 1. The van der Waals surface area contributed by atoms with Crippen LogP contribution in [0.4, 0.5) is 0 Å². The normalized spacial score (nSPS) is 22.2. The number of aromatic nitrogens is 1. The highest BCUT2D eigenvalue weighted by Crippen LogP contribution is 2.31. The second kappa shape index (κ2) is 8.44. The predicted molar refractivity (Wildman–Crippen MR) is 118 cm³/mol. The molecule has 2 fully saturated rings. The molecule has 0 radical (unpaired) electrons. The van der Waals surface area contributed by atoms with Gasteiger partial charge in [0.05, 0.1) is 5.69 Å². The summed E-state index contributed by atoms with van der Waals surface area (Å²) < 4.78 is 0. The van der Waals surface area contributed by atoms with Gasteiger partial charge in [-0.2, -0.15) is 0 Å². The molecule has 0 bridgehead atoms. The fourth-order valence-electron chi connectivity index (χ4n) is 4.73. The van der Waals surface area contributed by atoms with E-state index in [4.69, 9.17) is 0 Å². The van der Waals surface area contributed by atoms with Gasteiger partial charge in [0.1, 0.15) is 6.04 Å². The summed E-state index contributed by atoms with van der Waals surface area (Å²) >= 11 is 0. The van der Waals surface area contributed by atoms with Crippen LogP contribution >= 0.6 is 0 Å². The van der Waals surface area contributed by atoms with Crippen molar-refractivity contribution in [1.29, 1.82) is 0 Å². The number of carbonyl (C=O) groups excluding carboxylic acids is 3. The highest BCUT2D eigenvalue weighted by atomic mass is 16.2. The first-order chi connectivity index (χ1) is 15.5. The van der Waals surface area contributed by atoms with E-state index >= 15 is 0 Å². The van der Waals surface area contributed by atoms with Gasteiger partial charge in [0.2, 0.25) is 11.8 Å². The topological polar surface area (TPSA) is 85.8 Å². The zero-order chi connectivity index (χ0) is 22.2. The first-order valence-corrected chi connectivity index (χ1v) is 11.1. The van der Waals surface area contributed by atoms with Crippen molar-refractivity contribution in [2.75, 3.05) is 33.2 Å². The van der Waals surface area contributed by atoms with Gasteiger partial charge in [0, 0.05) is 63.0 Å². The molecule has 1 N–H and O–H groups in total. The summed E-state index contributed by atoms with van der Waals surface area (Å²) in [7, 11) is 2.15. The molecule has 1 unspecified atom stereocenters. The average Bonchev–Trinajstić information content (AvgIpc) is 3.11. The number of imide groups is 1. The number of likely N-dealkylation sites (N-methyl/N-ethyl adjacent to an activating group) is 1. The molecule has 32 heavy (non-hydrogen) atoms. The summed E-state index contributed by atoms with van der Waals surface area (Å²) in [5.41, 5.74) is 4.57. The summed E-state index contributed by atoms with van der Waals surface area (Å²) in [5.74, 6) is -0.820. The Kier molecular flexibility index (Phi) is 5.48. The Balaban J connectivity index is 1.33. The van der Waals surface area contributed by atoms with Gasteiger partial charge >= 0.3 is 0 Å². The molecule has 2 aromatic rings. The Labute approximate surface area is 187 Å². The minimum absolute atomic E-state index is 0.155. The molecule has 1 atom stereocenters. The van der Waals surface area contributed by atoms with Crippen LogP contribution in [0.25, 0.3) is 11.3 Å². The van der Waals surface area contributed by atoms with Crippen LogP contribution in [0.3, 0.4) is 0 Å². The van der Waals surface area contributed by atoms with Gasteiger partial charge in [0.15, 0.2) is 0 Å². The molecule has 0 saturated carbocycles. The van der Waals surface area contributed by atoms with Crippen LogP contribution in [0.1, 0.15) is 34.3 Å². The number of amides is 3. The molecule has 166 valence electrons. The van der Waals surface area contributed by atoms with E-state index in [-0.39, 0.29) is 24.1 Å². The summed E-state index contributed by atoms with van der Waals surface area (Å²) in [5, 5.41) is 2.34. The lowest BCUT2D eigenvalue weighted by molar-refractivity contribution is -0.136. The van der Waals surface area contributed by atoms with Gasteiger partial charge in [0.25, 0.3) is 5.91 Å². The second-order valence-corrected chi connectivity index (χ2v) is 8.90. The van der Waals surface area contributed by atoms with E-state index in [1.54, 1.807) is 4.90 Å². The van der Waals surface area contributed by atoms with E-state index in [1.807, 2.05) is 24.4 Å². The zero-order valence-electron chi connectivity index (χ0n) is 18.2. The van der Waals surface area contributed by atoms with Crippen LogP contribution in [-0.2, 0) is 22.7 Å². The lowest BCUT2D eigenvalue weighted by Gasteiger charge is -2.32. The van der Waals surface area contributed by atoms with Gasteiger partial charge in [-0.25, -0.2) is 0 Å². The largest absolute Gasteiger partial charge is 0.322 e. The number of rotatable bonds is 4. The Morgan fingerprint density at radius 2 is 1.88 bits per heavy atom. The number of nitrogens with one attached hydrogen (secondary N) is 1. The van der Waals surface area contributed by atoms with E-state index in [0.29, 0.717) is 18.5 Å². The Hall–Kier alpha value is -3.10. The first-order valence-electron chi connectivity index (χ1n) is 11.1. The maximum atomic E-state index is 12.9. The van der Waals surface area contributed by atoms with Crippen molar-refractivity contribution in [3.8, 4) is 11.3 Å². The fourth-order valence-corrected chi connectivity index (χ4v) is 4.73. The molecule has 3 aliphatic rings. The fraction of sp³-hybridized carbons (Fsp3) is 0.417. The highest BCUT2D eigenvalue weighted by molar-refractivity contribution is 6.05. The molecule has 2 saturated heterocycles.